The molecule has 1 saturated carbocycles. The molecule has 0 amide bonds. The van der Waals surface area contributed by atoms with Gasteiger partial charge in [-0.25, -0.2) is 3.11 Å². The normalized spacial score (nSPS) is 37.5. The highest BCUT2D eigenvalue weighted by Crippen LogP contribution is 2.53. The van der Waals surface area contributed by atoms with Gasteiger partial charge in [0.1, 0.15) is 0 Å². The lowest BCUT2D eigenvalue weighted by molar-refractivity contribution is -0.00909. The van der Waals surface area contributed by atoms with E-state index in [4.69, 9.17) is 0 Å². The van der Waals surface area contributed by atoms with E-state index in [1.165, 1.54) is 38.6 Å². The fraction of sp³-hybridized carbons (Fsp3) is 1.00. The highest BCUT2D eigenvalue weighted by molar-refractivity contribution is 14.1. The summed E-state index contributed by atoms with van der Waals surface area (Å²) in [5.74, 6) is 0.775. The van der Waals surface area contributed by atoms with Crippen LogP contribution in [0.15, 0.2) is 0 Å². The van der Waals surface area contributed by atoms with Crippen LogP contribution < -0.4 is 0 Å². The Kier molecular flexibility index (Phi) is 2.89. The minimum Gasteiger partial charge on any atom is -0.241 e. The number of halogens is 1. The van der Waals surface area contributed by atoms with Gasteiger partial charge in [-0.3, -0.25) is 0 Å². The second-order valence-corrected chi connectivity index (χ2v) is 7.05. The zero-order valence-electron chi connectivity index (χ0n) is 9.65. The monoisotopic (exact) mass is 307 g/mol. The van der Waals surface area contributed by atoms with Gasteiger partial charge in [-0.15, -0.1) is 0 Å². The van der Waals surface area contributed by atoms with Gasteiger partial charge < -0.3 is 0 Å². The first-order chi connectivity index (χ1) is 6.49. The standard InChI is InChI=1S/C12H22IN/c1-10(2)11(3)7-8-12(5-4-6-12)9-14(11)13/h10H,4-9H2,1-3H3. The molecule has 2 aliphatic rings. The van der Waals surface area contributed by atoms with Gasteiger partial charge in [0.2, 0.25) is 0 Å². The molecule has 1 atom stereocenters. The van der Waals surface area contributed by atoms with Crippen molar-refractivity contribution in [1.82, 2.24) is 3.11 Å². The Bertz CT molecular complexity index is 222. The van der Waals surface area contributed by atoms with Crippen molar-refractivity contribution in [2.75, 3.05) is 6.54 Å². The summed E-state index contributed by atoms with van der Waals surface area (Å²) in [5, 5.41) is 0. The van der Waals surface area contributed by atoms with E-state index in [9.17, 15) is 0 Å². The topological polar surface area (TPSA) is 3.24 Å². The minimum atomic E-state index is 0.446. The predicted molar refractivity (Wildman–Crippen MR) is 69.5 cm³/mol. The number of hydrogen-bond donors (Lipinski definition) is 0. The third-order valence-corrected chi connectivity index (χ3v) is 6.29. The van der Waals surface area contributed by atoms with E-state index < -0.39 is 0 Å². The van der Waals surface area contributed by atoms with E-state index in [1.807, 2.05) is 0 Å². The Hall–Kier alpha value is 0.690. The van der Waals surface area contributed by atoms with Gasteiger partial charge in [0.15, 0.2) is 0 Å². The number of rotatable bonds is 1. The summed E-state index contributed by atoms with van der Waals surface area (Å²) in [6, 6.07) is 0. The van der Waals surface area contributed by atoms with Crippen LogP contribution >= 0.6 is 22.9 Å². The maximum Gasteiger partial charge on any atom is 0.0300 e. The molecule has 1 spiro atoms. The molecular weight excluding hydrogens is 285 g/mol. The van der Waals surface area contributed by atoms with Crippen molar-refractivity contribution in [3.05, 3.63) is 0 Å². The largest absolute Gasteiger partial charge is 0.241 e. The van der Waals surface area contributed by atoms with Crippen LogP contribution in [0, 0.1) is 11.3 Å². The summed E-state index contributed by atoms with van der Waals surface area (Å²) in [4.78, 5) is 0. The van der Waals surface area contributed by atoms with Crippen LogP contribution in [0.4, 0.5) is 0 Å². The first-order valence-corrected chi connectivity index (χ1v) is 6.88. The Balaban J connectivity index is 2.06. The van der Waals surface area contributed by atoms with E-state index in [0.717, 1.165) is 11.3 Å². The van der Waals surface area contributed by atoms with E-state index in [0.29, 0.717) is 5.54 Å². The molecule has 1 nitrogen and oxygen atoms in total. The van der Waals surface area contributed by atoms with Crippen LogP contribution in [-0.2, 0) is 0 Å². The lowest BCUT2D eigenvalue weighted by Gasteiger charge is -2.55. The summed E-state index contributed by atoms with van der Waals surface area (Å²) < 4.78 is 2.61. The maximum absolute atomic E-state index is 2.61. The molecule has 0 radical (unpaired) electrons. The van der Waals surface area contributed by atoms with E-state index in [1.54, 1.807) is 0 Å². The van der Waals surface area contributed by atoms with Crippen molar-refractivity contribution in [3.63, 3.8) is 0 Å². The smallest absolute Gasteiger partial charge is 0.0300 e. The number of nitrogens with zero attached hydrogens (tertiary/aromatic N) is 1. The summed E-state index contributed by atoms with van der Waals surface area (Å²) >= 11 is 2.57. The number of hydrogen-bond acceptors (Lipinski definition) is 1. The Morgan fingerprint density at radius 2 is 1.79 bits per heavy atom. The zero-order valence-corrected chi connectivity index (χ0v) is 11.8. The Morgan fingerprint density at radius 3 is 2.14 bits per heavy atom. The van der Waals surface area contributed by atoms with Gasteiger partial charge in [-0.1, -0.05) is 20.3 Å². The highest BCUT2D eigenvalue weighted by Gasteiger charge is 2.48. The molecule has 0 aromatic carbocycles. The zero-order chi connectivity index (χ0) is 10.4. The quantitative estimate of drug-likeness (QED) is 0.522. The first kappa shape index (κ1) is 11.2. The van der Waals surface area contributed by atoms with Crippen LogP contribution in [-0.4, -0.2) is 15.2 Å². The highest BCUT2D eigenvalue weighted by atomic mass is 127. The van der Waals surface area contributed by atoms with Crippen LogP contribution in [0.25, 0.3) is 0 Å². The van der Waals surface area contributed by atoms with E-state index in [2.05, 4.69) is 46.7 Å². The molecule has 0 bridgehead atoms. The third kappa shape index (κ3) is 1.62. The van der Waals surface area contributed by atoms with Crippen molar-refractivity contribution in [2.45, 2.75) is 58.4 Å². The van der Waals surface area contributed by atoms with Gasteiger partial charge in [-0.2, -0.15) is 0 Å². The molecule has 2 rings (SSSR count). The molecule has 1 aliphatic heterocycles. The minimum absolute atomic E-state index is 0.446. The van der Waals surface area contributed by atoms with Gasteiger partial charge in [0.05, 0.1) is 0 Å². The average molecular weight is 307 g/mol. The fourth-order valence-corrected chi connectivity index (χ4v) is 4.37. The van der Waals surface area contributed by atoms with Crippen molar-refractivity contribution in [2.24, 2.45) is 11.3 Å². The van der Waals surface area contributed by atoms with Gasteiger partial charge in [0, 0.05) is 34.9 Å². The molecule has 1 unspecified atom stereocenters. The van der Waals surface area contributed by atoms with Crippen molar-refractivity contribution >= 4 is 22.9 Å². The molecular formula is C12H22IN. The van der Waals surface area contributed by atoms with Crippen LogP contribution in [0.1, 0.15) is 52.9 Å². The molecule has 0 aromatic rings. The second-order valence-electron chi connectivity index (χ2n) is 5.89. The SMILES string of the molecule is CC(C)C1(C)CCC2(CCC2)CN1I. The summed E-state index contributed by atoms with van der Waals surface area (Å²) in [6.07, 6.45) is 7.32. The molecule has 1 heterocycles. The first-order valence-electron chi connectivity index (χ1n) is 5.92. The van der Waals surface area contributed by atoms with Gasteiger partial charge >= 0.3 is 0 Å². The molecule has 2 heteroatoms. The van der Waals surface area contributed by atoms with Crippen LogP contribution in [0.5, 0.6) is 0 Å². The van der Waals surface area contributed by atoms with E-state index in [-0.39, 0.29) is 0 Å². The fourth-order valence-electron chi connectivity index (χ4n) is 2.85. The van der Waals surface area contributed by atoms with Gasteiger partial charge in [0.25, 0.3) is 0 Å². The summed E-state index contributed by atoms with van der Waals surface area (Å²) in [7, 11) is 0. The average Bonchev–Trinajstić information content (AvgIpc) is 2.07. The molecule has 14 heavy (non-hydrogen) atoms. The maximum atomic E-state index is 2.61. The number of piperidine rings is 1. The molecule has 1 saturated heterocycles. The second kappa shape index (κ2) is 3.62. The Morgan fingerprint density at radius 1 is 1.14 bits per heavy atom. The van der Waals surface area contributed by atoms with E-state index >= 15 is 0 Å². The lowest BCUT2D eigenvalue weighted by Crippen LogP contribution is -2.55. The molecule has 2 fully saturated rings. The van der Waals surface area contributed by atoms with Crippen molar-refractivity contribution in [3.8, 4) is 0 Å². The lowest BCUT2D eigenvalue weighted by atomic mass is 9.61. The van der Waals surface area contributed by atoms with Crippen LogP contribution in [0.2, 0.25) is 0 Å². The summed E-state index contributed by atoms with van der Waals surface area (Å²) in [5.41, 5.74) is 1.18. The van der Waals surface area contributed by atoms with Crippen LogP contribution in [0.3, 0.4) is 0 Å². The van der Waals surface area contributed by atoms with Crippen molar-refractivity contribution in [1.29, 1.82) is 0 Å². The van der Waals surface area contributed by atoms with Crippen molar-refractivity contribution < 1.29 is 0 Å². The van der Waals surface area contributed by atoms with Gasteiger partial charge in [-0.05, 0) is 43.9 Å². The summed E-state index contributed by atoms with van der Waals surface area (Å²) in [6.45, 7) is 8.51. The Labute approximate surface area is 102 Å². The molecule has 82 valence electrons. The molecule has 0 N–H and O–H groups in total. The molecule has 1 aliphatic carbocycles. The third-order valence-electron chi connectivity index (χ3n) is 4.85. The molecule has 0 aromatic heterocycles. The predicted octanol–water partition coefficient (Wildman–Crippen LogP) is 4.02.